The molecule has 0 aromatic rings. The molecule has 0 saturated heterocycles. The molecule has 0 aromatic carbocycles. The Morgan fingerprint density at radius 3 is 1.90 bits per heavy atom. The fraction of sp³-hybridized carbons (Fsp3) is 0.737. The highest BCUT2D eigenvalue weighted by molar-refractivity contribution is 5.95. The van der Waals surface area contributed by atoms with Gasteiger partial charge in [-0.2, -0.15) is 0 Å². The van der Waals surface area contributed by atoms with Crippen LogP contribution in [-0.2, 0) is 4.79 Å². The number of carbonyl (C=O) groups is 1. The molecular weight excluding hydrogens is 244 g/mol. The third-order valence-corrected chi connectivity index (χ3v) is 4.22. The van der Waals surface area contributed by atoms with Crippen molar-refractivity contribution in [3.63, 3.8) is 0 Å². The Morgan fingerprint density at radius 2 is 1.35 bits per heavy atom. The third kappa shape index (κ3) is 8.35. The van der Waals surface area contributed by atoms with E-state index in [1.807, 2.05) is 6.08 Å². The number of hydrogen-bond acceptors (Lipinski definition) is 1. The van der Waals surface area contributed by atoms with Gasteiger partial charge in [0, 0.05) is 6.42 Å². The van der Waals surface area contributed by atoms with E-state index in [-0.39, 0.29) is 0 Å². The molecule has 20 heavy (non-hydrogen) atoms. The van der Waals surface area contributed by atoms with Crippen molar-refractivity contribution in [2.45, 2.75) is 89.9 Å². The first-order chi connectivity index (χ1) is 9.84. The number of ketones is 1. The summed E-state index contributed by atoms with van der Waals surface area (Å²) in [6, 6.07) is 0. The Kier molecular flexibility index (Phi) is 10.3. The summed E-state index contributed by atoms with van der Waals surface area (Å²) < 4.78 is 0. The second-order valence-electron chi connectivity index (χ2n) is 6.07. The van der Waals surface area contributed by atoms with Crippen LogP contribution in [0.25, 0.3) is 0 Å². The van der Waals surface area contributed by atoms with Gasteiger partial charge in [-0.05, 0) is 31.3 Å². The van der Waals surface area contributed by atoms with Gasteiger partial charge in [-0.1, -0.05) is 69.9 Å². The minimum atomic E-state index is 0.358. The predicted octanol–water partition coefficient (Wildman–Crippen LogP) is 6.14. The molecule has 0 unspecified atom stereocenters. The summed E-state index contributed by atoms with van der Waals surface area (Å²) in [5.41, 5.74) is 1.01. The molecule has 0 bridgehead atoms. The minimum absolute atomic E-state index is 0.358. The van der Waals surface area contributed by atoms with Crippen LogP contribution in [0.3, 0.4) is 0 Å². The van der Waals surface area contributed by atoms with Crippen molar-refractivity contribution in [1.29, 1.82) is 0 Å². The minimum Gasteiger partial charge on any atom is -0.295 e. The van der Waals surface area contributed by atoms with E-state index in [4.69, 9.17) is 0 Å². The fourth-order valence-corrected chi connectivity index (χ4v) is 2.92. The highest BCUT2D eigenvalue weighted by Crippen LogP contribution is 2.16. The van der Waals surface area contributed by atoms with Crippen molar-refractivity contribution >= 4 is 5.78 Å². The maximum atomic E-state index is 12.2. The quantitative estimate of drug-likeness (QED) is 0.553. The Hall–Kier alpha value is -0.850. The van der Waals surface area contributed by atoms with Gasteiger partial charge in [-0.3, -0.25) is 4.79 Å². The molecule has 1 aliphatic rings. The van der Waals surface area contributed by atoms with Gasteiger partial charge in [0.2, 0.25) is 0 Å². The van der Waals surface area contributed by atoms with E-state index in [9.17, 15) is 4.79 Å². The van der Waals surface area contributed by atoms with Gasteiger partial charge in [0.05, 0.1) is 0 Å². The Labute approximate surface area is 125 Å². The second-order valence-corrected chi connectivity index (χ2v) is 6.07. The van der Waals surface area contributed by atoms with Crippen molar-refractivity contribution in [2.24, 2.45) is 0 Å². The zero-order valence-corrected chi connectivity index (χ0v) is 13.2. The molecule has 0 saturated carbocycles. The van der Waals surface area contributed by atoms with E-state index < -0.39 is 0 Å². The van der Waals surface area contributed by atoms with Crippen LogP contribution >= 0.6 is 0 Å². The summed E-state index contributed by atoms with van der Waals surface area (Å²) in [4.78, 5) is 12.2. The smallest absolute Gasteiger partial charge is 0.158 e. The van der Waals surface area contributed by atoms with Crippen molar-refractivity contribution in [3.8, 4) is 0 Å². The number of allylic oxidation sites excluding steroid dienone is 3. The molecule has 0 heterocycles. The summed E-state index contributed by atoms with van der Waals surface area (Å²) in [7, 11) is 0. The first kappa shape index (κ1) is 17.2. The number of hydrogen-bond donors (Lipinski definition) is 0. The first-order valence-corrected chi connectivity index (χ1v) is 8.67. The summed E-state index contributed by atoms with van der Waals surface area (Å²) in [5, 5.41) is 0. The third-order valence-electron chi connectivity index (χ3n) is 4.22. The lowest BCUT2D eigenvalue weighted by Gasteiger charge is -2.07. The molecule has 0 N–H and O–H groups in total. The lowest BCUT2D eigenvalue weighted by Crippen LogP contribution is -2.02. The number of carbonyl (C=O) groups excluding carboxylic acids is 1. The van der Waals surface area contributed by atoms with Crippen LogP contribution in [0, 0.1) is 0 Å². The summed E-state index contributed by atoms with van der Waals surface area (Å²) >= 11 is 0. The van der Waals surface area contributed by atoms with E-state index in [0.29, 0.717) is 5.78 Å². The summed E-state index contributed by atoms with van der Waals surface area (Å²) in [5.74, 6) is 0.358. The zero-order valence-electron chi connectivity index (χ0n) is 13.2. The van der Waals surface area contributed by atoms with E-state index in [0.717, 1.165) is 31.3 Å². The standard InChI is InChI=1S/C19H32O/c1-2-15-18-16-13-11-9-7-5-3-4-6-8-10-12-14-17-19(18)20/h2,16H,1,3-15,17H2/b18-16+. The van der Waals surface area contributed by atoms with Crippen LogP contribution in [0.15, 0.2) is 24.3 Å². The Morgan fingerprint density at radius 1 is 0.850 bits per heavy atom. The first-order valence-electron chi connectivity index (χ1n) is 8.67. The van der Waals surface area contributed by atoms with Crippen LogP contribution in [0.1, 0.15) is 89.9 Å². The van der Waals surface area contributed by atoms with Gasteiger partial charge >= 0.3 is 0 Å². The maximum absolute atomic E-state index is 12.2. The normalized spacial score (nSPS) is 23.8. The molecule has 0 spiro atoms. The molecule has 0 radical (unpaired) electrons. The Bertz CT molecular complexity index is 301. The second kappa shape index (κ2) is 11.9. The van der Waals surface area contributed by atoms with Gasteiger partial charge < -0.3 is 0 Å². The molecule has 0 amide bonds. The summed E-state index contributed by atoms with van der Waals surface area (Å²) in [6.07, 6.45) is 21.0. The molecule has 1 nitrogen and oxygen atoms in total. The maximum Gasteiger partial charge on any atom is 0.158 e. The van der Waals surface area contributed by atoms with E-state index in [2.05, 4.69) is 12.7 Å². The largest absolute Gasteiger partial charge is 0.295 e. The molecule has 1 rings (SSSR count). The van der Waals surface area contributed by atoms with Crippen LogP contribution in [0.4, 0.5) is 0 Å². The van der Waals surface area contributed by atoms with Crippen molar-refractivity contribution in [3.05, 3.63) is 24.3 Å². The molecule has 1 aliphatic carbocycles. The Balaban J connectivity index is 2.44. The van der Waals surface area contributed by atoms with Crippen LogP contribution in [0.2, 0.25) is 0 Å². The molecule has 0 fully saturated rings. The van der Waals surface area contributed by atoms with Gasteiger partial charge in [-0.25, -0.2) is 0 Å². The van der Waals surface area contributed by atoms with Crippen molar-refractivity contribution in [1.82, 2.24) is 0 Å². The monoisotopic (exact) mass is 276 g/mol. The average molecular weight is 276 g/mol. The van der Waals surface area contributed by atoms with Crippen LogP contribution in [-0.4, -0.2) is 5.78 Å². The number of Topliss-reactive ketones (excluding diaryl/α,β-unsaturated/α-hetero) is 1. The SMILES string of the molecule is C=CC/C1=C\CCCCCCCCCCCCCC1=O. The van der Waals surface area contributed by atoms with E-state index >= 15 is 0 Å². The topological polar surface area (TPSA) is 17.1 Å². The molecule has 0 atom stereocenters. The predicted molar refractivity (Wildman–Crippen MR) is 87.9 cm³/mol. The van der Waals surface area contributed by atoms with Gasteiger partial charge in [0.1, 0.15) is 0 Å². The zero-order chi connectivity index (χ0) is 14.5. The molecule has 1 heteroatoms. The van der Waals surface area contributed by atoms with Gasteiger partial charge in [0.15, 0.2) is 5.78 Å². The lowest BCUT2D eigenvalue weighted by molar-refractivity contribution is -0.115. The average Bonchev–Trinajstić information content (AvgIpc) is 2.45. The highest BCUT2D eigenvalue weighted by atomic mass is 16.1. The van der Waals surface area contributed by atoms with Crippen LogP contribution in [0.5, 0.6) is 0 Å². The van der Waals surface area contributed by atoms with Crippen molar-refractivity contribution in [2.75, 3.05) is 0 Å². The summed E-state index contributed by atoms with van der Waals surface area (Å²) in [6.45, 7) is 3.78. The van der Waals surface area contributed by atoms with Crippen molar-refractivity contribution < 1.29 is 4.79 Å². The molecule has 114 valence electrons. The van der Waals surface area contributed by atoms with Crippen LogP contribution < -0.4 is 0 Å². The molecule has 0 aromatic heterocycles. The molecular formula is C19H32O. The fourth-order valence-electron chi connectivity index (χ4n) is 2.92. The lowest BCUT2D eigenvalue weighted by atomic mass is 9.98. The highest BCUT2D eigenvalue weighted by Gasteiger charge is 2.07. The van der Waals surface area contributed by atoms with E-state index in [1.54, 1.807) is 0 Å². The van der Waals surface area contributed by atoms with Gasteiger partial charge in [0.25, 0.3) is 0 Å². The van der Waals surface area contributed by atoms with Gasteiger partial charge in [-0.15, -0.1) is 6.58 Å². The number of rotatable bonds is 2. The molecule has 0 aliphatic heterocycles. The van der Waals surface area contributed by atoms with E-state index in [1.165, 1.54) is 64.2 Å².